The Morgan fingerprint density at radius 1 is 1.16 bits per heavy atom. The first-order valence-corrected chi connectivity index (χ1v) is 7.53. The molecule has 0 aliphatic rings. The molecule has 128 valence electrons. The number of aromatic nitrogens is 2. The minimum Gasteiger partial charge on any atom is -0.497 e. The van der Waals surface area contributed by atoms with Gasteiger partial charge < -0.3 is 19.3 Å². The van der Waals surface area contributed by atoms with Gasteiger partial charge in [-0.2, -0.15) is 0 Å². The molecule has 1 N–H and O–H groups in total. The van der Waals surface area contributed by atoms with Gasteiger partial charge in [-0.05, 0) is 19.1 Å². The van der Waals surface area contributed by atoms with Crippen molar-refractivity contribution in [2.75, 3.05) is 19.5 Å². The highest BCUT2D eigenvalue weighted by Crippen LogP contribution is 2.28. The fourth-order valence-corrected chi connectivity index (χ4v) is 2.41. The van der Waals surface area contributed by atoms with Crippen LogP contribution in [0.15, 0.2) is 47.2 Å². The van der Waals surface area contributed by atoms with Crippen LogP contribution in [0, 0.1) is 6.92 Å². The number of amides is 1. The van der Waals surface area contributed by atoms with Crippen molar-refractivity contribution < 1.29 is 18.8 Å². The van der Waals surface area contributed by atoms with Gasteiger partial charge in [0.15, 0.2) is 0 Å². The first-order valence-electron chi connectivity index (χ1n) is 7.53. The number of aryl methyl sites for hydroxylation is 1. The Morgan fingerprint density at radius 3 is 2.48 bits per heavy atom. The first-order chi connectivity index (χ1) is 12.1. The summed E-state index contributed by atoms with van der Waals surface area (Å²) in [5, 5.41) is 6.82. The van der Waals surface area contributed by atoms with Crippen LogP contribution in [0.5, 0.6) is 11.5 Å². The minimum atomic E-state index is -0.340. The van der Waals surface area contributed by atoms with E-state index in [0.717, 1.165) is 0 Å². The van der Waals surface area contributed by atoms with E-state index in [1.165, 1.54) is 0 Å². The molecule has 2 aromatic heterocycles. The lowest BCUT2D eigenvalue weighted by Gasteiger charge is -2.10. The second-order valence-corrected chi connectivity index (χ2v) is 5.26. The largest absolute Gasteiger partial charge is 0.497 e. The second kappa shape index (κ2) is 7.04. The predicted octanol–water partition coefficient (Wildman–Crippen LogP) is 3.31. The van der Waals surface area contributed by atoms with Crippen molar-refractivity contribution in [3.05, 3.63) is 54.0 Å². The van der Waals surface area contributed by atoms with E-state index in [-0.39, 0.29) is 5.91 Å². The van der Waals surface area contributed by atoms with Gasteiger partial charge in [0.1, 0.15) is 28.5 Å². The van der Waals surface area contributed by atoms with Crippen LogP contribution in [0.2, 0.25) is 0 Å². The van der Waals surface area contributed by atoms with Gasteiger partial charge in [-0.25, -0.2) is 0 Å². The van der Waals surface area contributed by atoms with Crippen molar-refractivity contribution in [2.24, 2.45) is 0 Å². The van der Waals surface area contributed by atoms with Crippen LogP contribution in [0.3, 0.4) is 0 Å². The molecule has 0 bridgehead atoms. The van der Waals surface area contributed by atoms with Crippen molar-refractivity contribution in [1.29, 1.82) is 0 Å². The number of ether oxygens (including phenoxy) is 2. The van der Waals surface area contributed by atoms with E-state index in [2.05, 4.69) is 15.5 Å². The van der Waals surface area contributed by atoms with Crippen LogP contribution in [-0.2, 0) is 0 Å². The van der Waals surface area contributed by atoms with Crippen LogP contribution in [0.4, 0.5) is 5.69 Å². The Bertz CT molecular complexity index is 868. The molecule has 0 saturated heterocycles. The number of benzene rings is 1. The first kappa shape index (κ1) is 16.5. The van der Waals surface area contributed by atoms with E-state index in [1.54, 1.807) is 57.8 Å². The number of carbonyl (C=O) groups excluding carboxylic acids is 1. The molecule has 0 unspecified atom stereocenters. The Hall–Kier alpha value is -3.35. The van der Waals surface area contributed by atoms with E-state index in [4.69, 9.17) is 14.0 Å². The molecule has 7 nitrogen and oxygen atoms in total. The third-order valence-corrected chi connectivity index (χ3v) is 3.63. The number of pyridine rings is 1. The summed E-state index contributed by atoms with van der Waals surface area (Å²) >= 11 is 0. The summed E-state index contributed by atoms with van der Waals surface area (Å²) in [6, 6.07) is 8.71. The quantitative estimate of drug-likeness (QED) is 0.767. The van der Waals surface area contributed by atoms with Crippen molar-refractivity contribution in [3.8, 4) is 22.8 Å². The standard InChI is InChI=1S/C18H17N3O4/c1-11-16(17(21-25-11)12-5-4-6-19-10-12)18(22)20-13-7-14(23-2)9-15(8-13)24-3/h4-10H,1-3H3,(H,20,22). The summed E-state index contributed by atoms with van der Waals surface area (Å²) in [5.41, 5.74) is 2.04. The summed E-state index contributed by atoms with van der Waals surface area (Å²) in [7, 11) is 3.09. The van der Waals surface area contributed by atoms with Crippen molar-refractivity contribution in [1.82, 2.24) is 10.1 Å². The highest BCUT2D eigenvalue weighted by molar-refractivity contribution is 6.08. The molecule has 0 aliphatic heterocycles. The highest BCUT2D eigenvalue weighted by Gasteiger charge is 2.22. The molecule has 1 aromatic carbocycles. The van der Waals surface area contributed by atoms with Gasteiger partial charge in [0.2, 0.25) is 0 Å². The molecule has 7 heteroatoms. The Balaban J connectivity index is 1.94. The molecule has 2 heterocycles. The maximum Gasteiger partial charge on any atom is 0.261 e. The summed E-state index contributed by atoms with van der Waals surface area (Å²) in [6.45, 7) is 1.69. The zero-order valence-electron chi connectivity index (χ0n) is 14.1. The summed E-state index contributed by atoms with van der Waals surface area (Å²) in [4.78, 5) is 16.8. The second-order valence-electron chi connectivity index (χ2n) is 5.26. The molecule has 0 spiro atoms. The number of hydrogen-bond acceptors (Lipinski definition) is 6. The zero-order chi connectivity index (χ0) is 17.8. The average Bonchev–Trinajstić information content (AvgIpc) is 3.03. The fraction of sp³-hybridized carbons (Fsp3) is 0.167. The van der Waals surface area contributed by atoms with Gasteiger partial charge in [0.25, 0.3) is 5.91 Å². The van der Waals surface area contributed by atoms with Gasteiger partial charge in [-0.3, -0.25) is 9.78 Å². The van der Waals surface area contributed by atoms with Gasteiger partial charge in [0, 0.05) is 41.8 Å². The van der Waals surface area contributed by atoms with Gasteiger partial charge in [-0.15, -0.1) is 0 Å². The summed E-state index contributed by atoms with van der Waals surface area (Å²) in [6.07, 6.45) is 3.28. The maximum absolute atomic E-state index is 12.8. The number of nitrogens with zero attached hydrogens (tertiary/aromatic N) is 2. The van der Waals surface area contributed by atoms with E-state index >= 15 is 0 Å². The molecular formula is C18H17N3O4. The van der Waals surface area contributed by atoms with E-state index < -0.39 is 0 Å². The van der Waals surface area contributed by atoms with Crippen molar-refractivity contribution in [3.63, 3.8) is 0 Å². The van der Waals surface area contributed by atoms with Crippen LogP contribution >= 0.6 is 0 Å². The number of carbonyl (C=O) groups is 1. The molecule has 1 amide bonds. The molecule has 0 aliphatic carbocycles. The topological polar surface area (TPSA) is 86.5 Å². The lowest BCUT2D eigenvalue weighted by Crippen LogP contribution is -2.13. The number of rotatable bonds is 5. The summed E-state index contributed by atoms with van der Waals surface area (Å²) < 4.78 is 15.6. The Kier molecular flexibility index (Phi) is 4.65. The van der Waals surface area contributed by atoms with Gasteiger partial charge >= 0.3 is 0 Å². The molecule has 0 fully saturated rings. The van der Waals surface area contributed by atoms with Gasteiger partial charge in [-0.1, -0.05) is 5.16 Å². The zero-order valence-corrected chi connectivity index (χ0v) is 14.1. The number of nitrogens with one attached hydrogen (secondary N) is 1. The van der Waals surface area contributed by atoms with Crippen molar-refractivity contribution >= 4 is 11.6 Å². The molecule has 0 radical (unpaired) electrons. The predicted molar refractivity (Wildman–Crippen MR) is 92.0 cm³/mol. The van der Waals surface area contributed by atoms with E-state index in [1.807, 2.05) is 6.07 Å². The lowest BCUT2D eigenvalue weighted by molar-refractivity contribution is 0.102. The lowest BCUT2D eigenvalue weighted by atomic mass is 10.1. The number of hydrogen-bond donors (Lipinski definition) is 1. The highest BCUT2D eigenvalue weighted by atomic mass is 16.5. The fourth-order valence-electron chi connectivity index (χ4n) is 2.41. The minimum absolute atomic E-state index is 0.340. The molecule has 0 saturated carbocycles. The third-order valence-electron chi connectivity index (χ3n) is 3.63. The molecule has 0 atom stereocenters. The van der Waals surface area contributed by atoms with Crippen LogP contribution < -0.4 is 14.8 Å². The molecule has 3 aromatic rings. The number of anilines is 1. The van der Waals surface area contributed by atoms with Crippen LogP contribution in [0.1, 0.15) is 16.1 Å². The number of methoxy groups -OCH3 is 2. The Morgan fingerprint density at radius 2 is 1.88 bits per heavy atom. The van der Waals surface area contributed by atoms with Gasteiger partial charge in [0.05, 0.1) is 14.2 Å². The van der Waals surface area contributed by atoms with E-state index in [9.17, 15) is 4.79 Å². The molecule has 25 heavy (non-hydrogen) atoms. The molecular weight excluding hydrogens is 322 g/mol. The third kappa shape index (κ3) is 3.45. The van der Waals surface area contributed by atoms with E-state index in [0.29, 0.717) is 39.8 Å². The Labute approximate surface area is 144 Å². The molecule has 3 rings (SSSR count). The maximum atomic E-state index is 12.8. The van der Waals surface area contributed by atoms with Crippen LogP contribution in [0.25, 0.3) is 11.3 Å². The normalized spacial score (nSPS) is 10.4. The SMILES string of the molecule is COc1cc(NC(=O)c2c(-c3cccnc3)noc2C)cc(OC)c1. The van der Waals surface area contributed by atoms with Crippen molar-refractivity contribution in [2.45, 2.75) is 6.92 Å². The van der Waals surface area contributed by atoms with Crippen LogP contribution in [-0.4, -0.2) is 30.3 Å². The summed E-state index contributed by atoms with van der Waals surface area (Å²) in [5.74, 6) is 1.23. The smallest absolute Gasteiger partial charge is 0.261 e. The monoisotopic (exact) mass is 339 g/mol. The average molecular weight is 339 g/mol.